The highest BCUT2D eigenvalue weighted by Crippen LogP contribution is 2.27. The average Bonchev–Trinajstić information content (AvgIpc) is 2.91. The molecule has 2 aliphatic heterocycles. The van der Waals surface area contributed by atoms with Crippen LogP contribution in [0.5, 0.6) is 0 Å². The zero-order valence-corrected chi connectivity index (χ0v) is 11.8. The van der Waals surface area contributed by atoms with E-state index in [1.807, 2.05) is 24.3 Å². The fourth-order valence-electron chi connectivity index (χ4n) is 3.46. The number of carbonyl (C=O) groups is 1. The van der Waals surface area contributed by atoms with Crippen LogP contribution in [0.3, 0.4) is 0 Å². The summed E-state index contributed by atoms with van der Waals surface area (Å²) in [6, 6.07) is 8.46. The van der Waals surface area contributed by atoms with Gasteiger partial charge >= 0.3 is 0 Å². The fourth-order valence-corrected chi connectivity index (χ4v) is 3.46. The number of benzene rings is 1. The Balaban J connectivity index is 1.63. The maximum Gasteiger partial charge on any atom is 0.251 e. The number of nitrogens with zero attached hydrogens (tertiary/aromatic N) is 1. The molecule has 3 rings (SSSR count). The number of amides is 1. The Morgan fingerprint density at radius 3 is 2.75 bits per heavy atom. The van der Waals surface area contributed by atoms with Crippen LogP contribution in [0.15, 0.2) is 24.3 Å². The summed E-state index contributed by atoms with van der Waals surface area (Å²) in [7, 11) is 0. The van der Waals surface area contributed by atoms with Crippen molar-refractivity contribution in [2.24, 2.45) is 5.73 Å². The lowest BCUT2D eigenvalue weighted by molar-refractivity contribution is 0.0915. The van der Waals surface area contributed by atoms with Crippen molar-refractivity contribution in [3.05, 3.63) is 35.4 Å². The summed E-state index contributed by atoms with van der Waals surface area (Å²) in [5, 5.41) is 3.22. The van der Waals surface area contributed by atoms with Gasteiger partial charge in [0, 0.05) is 30.7 Å². The van der Waals surface area contributed by atoms with Crippen molar-refractivity contribution in [1.29, 1.82) is 0 Å². The van der Waals surface area contributed by atoms with Gasteiger partial charge in [-0.25, -0.2) is 0 Å². The zero-order chi connectivity index (χ0) is 13.9. The maximum atomic E-state index is 12.3. The number of piperidine rings is 1. The van der Waals surface area contributed by atoms with E-state index < -0.39 is 0 Å². The normalized spacial score (nSPS) is 26.2. The lowest BCUT2D eigenvalue weighted by atomic mass is 9.98. The van der Waals surface area contributed by atoms with Gasteiger partial charge in [0.2, 0.25) is 0 Å². The molecule has 0 bridgehead atoms. The van der Waals surface area contributed by atoms with E-state index in [1.165, 1.54) is 25.8 Å². The van der Waals surface area contributed by atoms with Gasteiger partial charge in [0.25, 0.3) is 5.91 Å². The zero-order valence-electron chi connectivity index (χ0n) is 11.8. The number of rotatable bonds is 3. The lowest BCUT2D eigenvalue weighted by Gasteiger charge is -2.32. The minimum Gasteiger partial charge on any atom is -0.348 e. The van der Waals surface area contributed by atoms with Crippen LogP contribution >= 0.6 is 0 Å². The van der Waals surface area contributed by atoms with E-state index in [1.54, 1.807) is 0 Å². The highest BCUT2D eigenvalue weighted by Gasteiger charge is 2.36. The molecule has 4 nitrogen and oxygen atoms in total. The minimum absolute atomic E-state index is 0.0472. The molecule has 2 fully saturated rings. The molecular formula is C16H23N3O. The molecule has 2 unspecified atom stereocenters. The van der Waals surface area contributed by atoms with Crippen molar-refractivity contribution in [2.45, 2.75) is 44.3 Å². The Morgan fingerprint density at radius 2 is 2.00 bits per heavy atom. The van der Waals surface area contributed by atoms with E-state index in [2.05, 4.69) is 10.2 Å². The van der Waals surface area contributed by atoms with Crippen LogP contribution in [-0.4, -0.2) is 36.0 Å². The van der Waals surface area contributed by atoms with E-state index in [0.717, 1.165) is 24.1 Å². The topological polar surface area (TPSA) is 58.4 Å². The first kappa shape index (κ1) is 13.6. The van der Waals surface area contributed by atoms with Crippen LogP contribution in [0.2, 0.25) is 0 Å². The molecule has 2 atom stereocenters. The van der Waals surface area contributed by atoms with Crippen molar-refractivity contribution in [2.75, 3.05) is 13.1 Å². The molecule has 4 heteroatoms. The van der Waals surface area contributed by atoms with Crippen molar-refractivity contribution in [3.8, 4) is 0 Å². The maximum absolute atomic E-state index is 12.3. The molecular weight excluding hydrogens is 250 g/mol. The predicted molar refractivity (Wildman–Crippen MR) is 79.4 cm³/mol. The molecule has 2 aliphatic rings. The monoisotopic (exact) mass is 273 g/mol. The molecule has 0 radical (unpaired) electrons. The average molecular weight is 273 g/mol. The molecule has 20 heavy (non-hydrogen) atoms. The Labute approximate surface area is 120 Å². The van der Waals surface area contributed by atoms with Crippen LogP contribution in [0.25, 0.3) is 0 Å². The summed E-state index contributed by atoms with van der Waals surface area (Å²) in [4.78, 5) is 14.8. The molecule has 0 saturated carbocycles. The molecule has 0 aliphatic carbocycles. The first-order chi connectivity index (χ1) is 9.78. The quantitative estimate of drug-likeness (QED) is 0.877. The Kier molecular flexibility index (Phi) is 4.03. The molecule has 0 spiro atoms. The van der Waals surface area contributed by atoms with Crippen LogP contribution in [0.4, 0.5) is 0 Å². The summed E-state index contributed by atoms with van der Waals surface area (Å²) in [5.41, 5.74) is 7.36. The number of nitrogens with one attached hydrogen (secondary N) is 1. The number of fused-ring (bicyclic) bond motifs is 1. The third-order valence-electron chi connectivity index (χ3n) is 4.62. The van der Waals surface area contributed by atoms with Gasteiger partial charge < -0.3 is 11.1 Å². The highest BCUT2D eigenvalue weighted by atomic mass is 16.1. The van der Waals surface area contributed by atoms with Gasteiger partial charge in [0.1, 0.15) is 0 Å². The van der Waals surface area contributed by atoms with E-state index in [4.69, 9.17) is 5.73 Å². The first-order valence-electron chi connectivity index (χ1n) is 7.62. The van der Waals surface area contributed by atoms with Crippen LogP contribution in [0.1, 0.15) is 41.6 Å². The number of nitrogens with two attached hydrogens (primary N) is 1. The molecule has 2 saturated heterocycles. The van der Waals surface area contributed by atoms with Gasteiger partial charge in [-0.2, -0.15) is 0 Å². The third kappa shape index (κ3) is 2.72. The van der Waals surface area contributed by atoms with Gasteiger partial charge in [-0.05, 0) is 43.5 Å². The smallest absolute Gasteiger partial charge is 0.251 e. The van der Waals surface area contributed by atoms with E-state index in [-0.39, 0.29) is 5.91 Å². The molecule has 1 amide bonds. The Morgan fingerprint density at radius 1 is 1.20 bits per heavy atom. The number of carbonyl (C=O) groups excluding carboxylic acids is 1. The summed E-state index contributed by atoms with van der Waals surface area (Å²) in [5.74, 6) is 0.0472. The second-order valence-corrected chi connectivity index (χ2v) is 5.87. The van der Waals surface area contributed by atoms with Gasteiger partial charge in [-0.1, -0.05) is 18.6 Å². The fraction of sp³-hybridized carbons (Fsp3) is 0.562. The lowest BCUT2D eigenvalue weighted by Crippen LogP contribution is -2.46. The van der Waals surface area contributed by atoms with Crippen molar-refractivity contribution in [1.82, 2.24) is 10.2 Å². The Bertz CT molecular complexity index is 471. The number of hydrogen-bond donors (Lipinski definition) is 2. The van der Waals surface area contributed by atoms with Crippen molar-refractivity contribution >= 4 is 5.91 Å². The molecule has 3 N–H and O–H groups in total. The molecule has 0 aromatic heterocycles. The van der Waals surface area contributed by atoms with E-state index in [0.29, 0.717) is 18.6 Å². The van der Waals surface area contributed by atoms with Crippen LogP contribution in [-0.2, 0) is 6.54 Å². The van der Waals surface area contributed by atoms with Crippen molar-refractivity contribution < 1.29 is 4.79 Å². The first-order valence-corrected chi connectivity index (χ1v) is 7.62. The molecule has 2 heterocycles. The predicted octanol–water partition coefficient (Wildman–Crippen LogP) is 1.50. The second-order valence-electron chi connectivity index (χ2n) is 5.87. The summed E-state index contributed by atoms with van der Waals surface area (Å²) in [6.07, 6.45) is 4.89. The van der Waals surface area contributed by atoms with Crippen molar-refractivity contribution in [3.63, 3.8) is 0 Å². The molecule has 1 aromatic rings. The summed E-state index contributed by atoms with van der Waals surface area (Å²) >= 11 is 0. The summed E-state index contributed by atoms with van der Waals surface area (Å²) in [6.45, 7) is 2.84. The Hall–Kier alpha value is -1.39. The number of hydrogen-bond acceptors (Lipinski definition) is 3. The van der Waals surface area contributed by atoms with Gasteiger partial charge in [-0.15, -0.1) is 0 Å². The molecule has 1 aromatic carbocycles. The van der Waals surface area contributed by atoms with E-state index >= 15 is 0 Å². The second kappa shape index (κ2) is 5.94. The van der Waals surface area contributed by atoms with Gasteiger partial charge in [-0.3, -0.25) is 9.69 Å². The third-order valence-corrected chi connectivity index (χ3v) is 4.62. The standard InChI is InChI=1S/C16H23N3O/c17-11-12-4-6-13(7-5-12)16(20)18-14-8-10-19-9-2-1-3-15(14)19/h4-7,14-15H,1-3,8-11,17H2,(H,18,20). The van der Waals surface area contributed by atoms with E-state index in [9.17, 15) is 4.79 Å². The SMILES string of the molecule is NCc1ccc(C(=O)NC2CCN3CCCCC23)cc1. The largest absolute Gasteiger partial charge is 0.348 e. The minimum atomic E-state index is 0.0472. The highest BCUT2D eigenvalue weighted by molar-refractivity contribution is 5.94. The summed E-state index contributed by atoms with van der Waals surface area (Å²) < 4.78 is 0. The molecule has 108 valence electrons. The van der Waals surface area contributed by atoms with Crippen LogP contribution < -0.4 is 11.1 Å². The van der Waals surface area contributed by atoms with Gasteiger partial charge in [0.15, 0.2) is 0 Å². The van der Waals surface area contributed by atoms with Crippen LogP contribution in [0, 0.1) is 0 Å². The van der Waals surface area contributed by atoms with Gasteiger partial charge in [0.05, 0.1) is 0 Å².